The van der Waals surface area contributed by atoms with Gasteiger partial charge in [-0.25, -0.2) is 0 Å². The molecule has 0 aliphatic carbocycles. The molecule has 0 atom stereocenters. The van der Waals surface area contributed by atoms with Crippen LogP contribution in [0.2, 0.25) is 0 Å². The first-order valence-corrected chi connectivity index (χ1v) is 3.62. The summed E-state index contributed by atoms with van der Waals surface area (Å²) >= 11 is 0. The molecule has 0 aliphatic heterocycles. The lowest BCUT2D eigenvalue weighted by molar-refractivity contribution is -0.837. The van der Waals surface area contributed by atoms with Gasteiger partial charge < -0.3 is 14.4 Å². The van der Waals surface area contributed by atoms with Gasteiger partial charge in [0.15, 0.2) is 0 Å². The van der Waals surface area contributed by atoms with Gasteiger partial charge >= 0.3 is 0 Å². The van der Waals surface area contributed by atoms with Crippen LogP contribution >= 0.6 is 0 Å². The van der Waals surface area contributed by atoms with Crippen LogP contribution in [0.15, 0.2) is 11.8 Å². The molecule has 11 heavy (non-hydrogen) atoms. The van der Waals surface area contributed by atoms with Crippen molar-refractivity contribution in [1.29, 1.82) is 0 Å². The van der Waals surface area contributed by atoms with Crippen LogP contribution in [0.1, 0.15) is 13.8 Å². The molecule has 64 valence electrons. The molecule has 0 amide bonds. The van der Waals surface area contributed by atoms with E-state index in [0.29, 0.717) is 4.48 Å². The smallest absolute Gasteiger partial charge is 0.100 e. The minimum Gasteiger partial charge on any atom is -0.545 e. The first-order chi connectivity index (χ1) is 4.89. The molecular weight excluding hydrogens is 142 g/mol. The van der Waals surface area contributed by atoms with Crippen molar-refractivity contribution < 1.29 is 14.4 Å². The molecule has 0 heterocycles. The maximum Gasteiger partial charge on any atom is 0.100 e. The number of carboxylic acids is 1. The summed E-state index contributed by atoms with van der Waals surface area (Å²) in [6.45, 7) is 4.41. The molecule has 0 rings (SSSR count). The number of quaternary nitrogens is 1. The van der Waals surface area contributed by atoms with Gasteiger partial charge in [0.2, 0.25) is 0 Å². The Balaban J connectivity index is 4.41. The Morgan fingerprint density at radius 2 is 2.00 bits per heavy atom. The zero-order valence-corrected chi connectivity index (χ0v) is 7.55. The third kappa shape index (κ3) is 3.78. The van der Waals surface area contributed by atoms with E-state index in [0.717, 1.165) is 6.54 Å². The highest BCUT2D eigenvalue weighted by Crippen LogP contribution is 2.01. The number of nitrogens with zero attached hydrogens (tertiary/aromatic N) is 1. The van der Waals surface area contributed by atoms with E-state index in [-0.39, 0.29) is 5.57 Å². The van der Waals surface area contributed by atoms with Crippen molar-refractivity contribution in [1.82, 2.24) is 0 Å². The largest absolute Gasteiger partial charge is 0.545 e. The van der Waals surface area contributed by atoms with Crippen molar-refractivity contribution in [3.05, 3.63) is 11.8 Å². The maximum absolute atomic E-state index is 10.3. The number of aliphatic carboxylic acids is 1. The van der Waals surface area contributed by atoms with Crippen LogP contribution in [0.5, 0.6) is 0 Å². The second-order valence-corrected chi connectivity index (χ2v) is 3.19. The van der Waals surface area contributed by atoms with Gasteiger partial charge in [0.1, 0.15) is 6.20 Å². The summed E-state index contributed by atoms with van der Waals surface area (Å²) in [5.41, 5.74) is 0.289. The number of hydrogen-bond donors (Lipinski definition) is 0. The molecular formula is C8H15NO2. The molecule has 0 radical (unpaired) electrons. The Bertz CT molecular complexity index is 183. The highest BCUT2D eigenvalue weighted by Gasteiger charge is 2.08. The standard InChI is InChI=1S/C8H15NO2/c1-5-9(3,4)6-7(2)8(10)11/h6H,5H2,1-4H3. The predicted molar refractivity (Wildman–Crippen MR) is 41.4 cm³/mol. The van der Waals surface area contributed by atoms with Crippen molar-refractivity contribution in [3.63, 3.8) is 0 Å². The Hall–Kier alpha value is -0.830. The molecule has 0 N–H and O–H groups in total. The summed E-state index contributed by atoms with van der Waals surface area (Å²) in [7, 11) is 3.87. The maximum atomic E-state index is 10.3. The quantitative estimate of drug-likeness (QED) is 0.418. The topological polar surface area (TPSA) is 40.1 Å². The Kier molecular flexibility index (Phi) is 3.26. The van der Waals surface area contributed by atoms with Crippen LogP contribution in [0, 0.1) is 0 Å². The van der Waals surface area contributed by atoms with Gasteiger partial charge in [0.25, 0.3) is 0 Å². The molecule has 0 aromatic heterocycles. The SMILES string of the molecule is CC[N+](C)(C)C=C(C)C(=O)[O-]. The number of carboxylic acid groups (broad SMARTS) is 1. The first-order valence-electron chi connectivity index (χ1n) is 3.62. The van der Waals surface area contributed by atoms with Crippen molar-refractivity contribution in [2.75, 3.05) is 20.6 Å². The first kappa shape index (κ1) is 10.2. The molecule has 0 bridgehead atoms. The second-order valence-electron chi connectivity index (χ2n) is 3.19. The molecule has 0 aliphatic rings. The van der Waals surface area contributed by atoms with Crippen molar-refractivity contribution >= 4 is 5.97 Å². The number of hydrogen-bond acceptors (Lipinski definition) is 2. The summed E-state index contributed by atoms with van der Waals surface area (Å²) in [6.07, 6.45) is 1.68. The van der Waals surface area contributed by atoms with E-state index in [1.807, 2.05) is 21.0 Å². The van der Waals surface area contributed by atoms with Crippen LogP contribution in [0.3, 0.4) is 0 Å². The summed E-state index contributed by atoms with van der Waals surface area (Å²) in [4.78, 5) is 10.3. The van der Waals surface area contributed by atoms with Crippen LogP contribution in [-0.4, -0.2) is 31.1 Å². The molecule has 0 saturated heterocycles. The molecule has 0 aromatic carbocycles. The lowest BCUT2D eigenvalue weighted by Crippen LogP contribution is -2.35. The normalized spacial score (nSPS) is 13.3. The van der Waals surface area contributed by atoms with Gasteiger partial charge in [-0.3, -0.25) is 0 Å². The average Bonchev–Trinajstić information content (AvgIpc) is 1.87. The van der Waals surface area contributed by atoms with Crippen molar-refractivity contribution in [2.24, 2.45) is 0 Å². The van der Waals surface area contributed by atoms with Gasteiger partial charge in [0.05, 0.1) is 26.6 Å². The molecule has 0 fully saturated rings. The van der Waals surface area contributed by atoms with Crippen LogP contribution in [0.25, 0.3) is 0 Å². The fourth-order valence-electron chi connectivity index (χ4n) is 0.668. The summed E-state index contributed by atoms with van der Waals surface area (Å²) in [5.74, 6) is -1.09. The lowest BCUT2D eigenvalue weighted by atomic mass is 10.3. The lowest BCUT2D eigenvalue weighted by Gasteiger charge is -2.23. The highest BCUT2D eigenvalue weighted by molar-refractivity contribution is 5.83. The molecule has 0 unspecified atom stereocenters. The number of carbonyl (C=O) groups is 1. The Morgan fingerprint density at radius 3 is 2.27 bits per heavy atom. The summed E-state index contributed by atoms with van der Waals surface area (Å²) in [5, 5.41) is 10.3. The average molecular weight is 157 g/mol. The van der Waals surface area contributed by atoms with Gasteiger partial charge in [-0.2, -0.15) is 0 Å². The van der Waals surface area contributed by atoms with E-state index < -0.39 is 5.97 Å². The van der Waals surface area contributed by atoms with Crippen molar-refractivity contribution in [3.8, 4) is 0 Å². The Labute approximate surface area is 67.5 Å². The van der Waals surface area contributed by atoms with Gasteiger partial charge in [-0.15, -0.1) is 0 Å². The van der Waals surface area contributed by atoms with Gasteiger partial charge in [-0.1, -0.05) is 0 Å². The fraction of sp³-hybridized carbons (Fsp3) is 0.625. The predicted octanol–water partition coefficient (Wildman–Crippen LogP) is -0.264. The molecule has 0 saturated carbocycles. The van der Waals surface area contributed by atoms with E-state index in [2.05, 4.69) is 0 Å². The zero-order chi connectivity index (χ0) is 9.07. The molecule has 3 nitrogen and oxygen atoms in total. The van der Waals surface area contributed by atoms with E-state index in [1.165, 1.54) is 0 Å². The minimum atomic E-state index is -1.09. The van der Waals surface area contributed by atoms with E-state index in [1.54, 1.807) is 13.1 Å². The monoisotopic (exact) mass is 157 g/mol. The third-order valence-corrected chi connectivity index (χ3v) is 1.68. The number of rotatable bonds is 3. The van der Waals surface area contributed by atoms with E-state index in [9.17, 15) is 9.90 Å². The second kappa shape index (κ2) is 3.53. The van der Waals surface area contributed by atoms with Gasteiger partial charge in [0, 0.05) is 5.57 Å². The fourth-order valence-corrected chi connectivity index (χ4v) is 0.668. The highest BCUT2D eigenvalue weighted by atomic mass is 16.4. The molecule has 0 aromatic rings. The van der Waals surface area contributed by atoms with Crippen LogP contribution in [0.4, 0.5) is 0 Å². The summed E-state index contributed by atoms with van der Waals surface area (Å²) < 4.78 is 0.569. The number of carbonyl (C=O) groups excluding carboxylic acids is 1. The van der Waals surface area contributed by atoms with E-state index >= 15 is 0 Å². The van der Waals surface area contributed by atoms with Gasteiger partial charge in [-0.05, 0) is 13.8 Å². The van der Waals surface area contributed by atoms with Crippen LogP contribution in [-0.2, 0) is 4.79 Å². The molecule has 0 spiro atoms. The van der Waals surface area contributed by atoms with Crippen LogP contribution < -0.4 is 5.11 Å². The van der Waals surface area contributed by atoms with Crippen molar-refractivity contribution in [2.45, 2.75) is 13.8 Å². The zero-order valence-electron chi connectivity index (χ0n) is 7.55. The molecule has 3 heteroatoms. The van der Waals surface area contributed by atoms with E-state index in [4.69, 9.17) is 0 Å². The summed E-state index contributed by atoms with van der Waals surface area (Å²) in [6, 6.07) is 0. The third-order valence-electron chi connectivity index (χ3n) is 1.68. The Morgan fingerprint density at radius 1 is 1.55 bits per heavy atom. The minimum absolute atomic E-state index is 0.289.